The molecule has 2 heterocycles. The van der Waals surface area contributed by atoms with Crippen LogP contribution in [0, 0.1) is 0 Å². The number of nitrogens with zero attached hydrogens (tertiary/aromatic N) is 4. The van der Waals surface area contributed by atoms with Crippen LogP contribution in [0.5, 0.6) is 0 Å². The summed E-state index contributed by atoms with van der Waals surface area (Å²) in [6, 6.07) is 0.300. The van der Waals surface area contributed by atoms with Crippen molar-refractivity contribution in [2.75, 3.05) is 33.7 Å². The van der Waals surface area contributed by atoms with Gasteiger partial charge in [0.2, 0.25) is 0 Å². The first-order chi connectivity index (χ1) is 8.58. The molecule has 0 spiro atoms. The molecule has 0 amide bonds. The van der Waals surface area contributed by atoms with Crippen LogP contribution in [-0.2, 0) is 13.5 Å². The zero-order valence-corrected chi connectivity index (χ0v) is 11.6. The van der Waals surface area contributed by atoms with Crippen molar-refractivity contribution in [2.45, 2.75) is 25.0 Å². The van der Waals surface area contributed by atoms with Gasteiger partial charge in [0.25, 0.3) is 0 Å². The molecule has 0 unspecified atom stereocenters. The van der Waals surface area contributed by atoms with Crippen molar-refractivity contribution in [2.24, 2.45) is 7.05 Å². The average Bonchev–Trinajstić information content (AvgIpc) is 2.72. The minimum atomic E-state index is -0.241. The Bertz CT molecular complexity index is 377. The summed E-state index contributed by atoms with van der Waals surface area (Å²) in [6.07, 6.45) is 5.55. The van der Waals surface area contributed by atoms with E-state index in [1.54, 1.807) is 0 Å². The third kappa shape index (κ3) is 3.10. The highest BCUT2D eigenvalue weighted by molar-refractivity contribution is 4.93. The van der Waals surface area contributed by atoms with Crippen molar-refractivity contribution >= 4 is 0 Å². The molecule has 1 aliphatic heterocycles. The van der Waals surface area contributed by atoms with E-state index in [1.807, 2.05) is 33.5 Å². The number of β-amino-alcohol motifs (C(OH)–C–C–N with tert-alkyl or cyclic N) is 1. The van der Waals surface area contributed by atoms with E-state index in [2.05, 4.69) is 19.4 Å². The van der Waals surface area contributed by atoms with Crippen molar-refractivity contribution in [3.63, 3.8) is 0 Å². The van der Waals surface area contributed by atoms with Gasteiger partial charge in [-0.25, -0.2) is 4.98 Å². The van der Waals surface area contributed by atoms with Crippen LogP contribution in [0.25, 0.3) is 0 Å². The van der Waals surface area contributed by atoms with Gasteiger partial charge >= 0.3 is 0 Å². The molecule has 5 heteroatoms. The first-order valence-electron chi connectivity index (χ1n) is 6.61. The first kappa shape index (κ1) is 13.5. The van der Waals surface area contributed by atoms with Crippen LogP contribution in [0.2, 0.25) is 0 Å². The summed E-state index contributed by atoms with van der Waals surface area (Å²) in [5.41, 5.74) is 0. The van der Waals surface area contributed by atoms with Crippen LogP contribution in [0.15, 0.2) is 12.4 Å². The molecule has 2 rings (SSSR count). The molecule has 1 N–H and O–H groups in total. The zero-order chi connectivity index (χ0) is 13.1. The van der Waals surface area contributed by atoms with Gasteiger partial charge in [-0.05, 0) is 27.1 Å². The van der Waals surface area contributed by atoms with E-state index in [4.69, 9.17) is 0 Å². The lowest BCUT2D eigenvalue weighted by atomic mass is 10.0. The number of aryl methyl sites for hydroxylation is 1. The molecule has 18 heavy (non-hydrogen) atoms. The molecular formula is C13H24N4O. The van der Waals surface area contributed by atoms with E-state index in [0.29, 0.717) is 6.04 Å². The van der Waals surface area contributed by atoms with E-state index in [9.17, 15) is 5.11 Å². The smallest absolute Gasteiger partial charge is 0.109 e. The monoisotopic (exact) mass is 252 g/mol. The van der Waals surface area contributed by atoms with Crippen LogP contribution in [-0.4, -0.2) is 70.3 Å². The Balaban J connectivity index is 1.81. The lowest BCUT2D eigenvalue weighted by Gasteiger charge is -2.38. The molecule has 0 saturated carbocycles. The Morgan fingerprint density at radius 1 is 1.50 bits per heavy atom. The number of hydrogen-bond acceptors (Lipinski definition) is 4. The highest BCUT2D eigenvalue weighted by atomic mass is 16.3. The van der Waals surface area contributed by atoms with E-state index in [0.717, 1.165) is 38.3 Å². The molecule has 5 nitrogen and oxygen atoms in total. The van der Waals surface area contributed by atoms with Crippen molar-refractivity contribution in [1.29, 1.82) is 0 Å². The number of likely N-dealkylation sites (tertiary alicyclic amines) is 1. The van der Waals surface area contributed by atoms with E-state index in [1.165, 1.54) is 0 Å². The van der Waals surface area contributed by atoms with Crippen molar-refractivity contribution < 1.29 is 5.11 Å². The summed E-state index contributed by atoms with van der Waals surface area (Å²) in [6.45, 7) is 2.81. The van der Waals surface area contributed by atoms with Gasteiger partial charge in [-0.1, -0.05) is 0 Å². The Morgan fingerprint density at radius 3 is 2.83 bits per heavy atom. The van der Waals surface area contributed by atoms with Gasteiger partial charge in [0.05, 0.1) is 6.10 Å². The molecule has 1 aromatic rings. The molecule has 0 bridgehead atoms. The normalized spacial score (nSPS) is 25.8. The minimum Gasteiger partial charge on any atom is -0.390 e. The number of rotatable bonds is 4. The molecule has 102 valence electrons. The second-order valence-corrected chi connectivity index (χ2v) is 5.39. The number of aromatic nitrogens is 2. The number of piperidine rings is 1. The van der Waals surface area contributed by atoms with Crippen molar-refractivity contribution in [3.8, 4) is 0 Å². The zero-order valence-electron chi connectivity index (χ0n) is 11.6. The van der Waals surface area contributed by atoms with Gasteiger partial charge < -0.3 is 19.5 Å². The number of aliphatic hydroxyl groups is 1. The van der Waals surface area contributed by atoms with E-state index >= 15 is 0 Å². The fourth-order valence-electron chi connectivity index (χ4n) is 2.69. The number of likely N-dealkylation sites (N-methyl/N-ethyl adjacent to an activating group) is 1. The molecular weight excluding hydrogens is 228 g/mol. The Hall–Kier alpha value is -0.910. The lowest BCUT2D eigenvalue weighted by Crippen LogP contribution is -2.52. The Labute approximate surface area is 109 Å². The summed E-state index contributed by atoms with van der Waals surface area (Å²) >= 11 is 0. The lowest BCUT2D eigenvalue weighted by molar-refractivity contribution is 0.00453. The molecule has 0 aliphatic carbocycles. The fourth-order valence-corrected chi connectivity index (χ4v) is 2.69. The average molecular weight is 252 g/mol. The highest BCUT2D eigenvalue weighted by Crippen LogP contribution is 2.15. The second kappa shape index (κ2) is 5.82. The van der Waals surface area contributed by atoms with Gasteiger partial charge in [0.1, 0.15) is 5.82 Å². The molecule has 1 saturated heterocycles. The summed E-state index contributed by atoms with van der Waals surface area (Å²) in [5, 5.41) is 10.1. The van der Waals surface area contributed by atoms with Crippen molar-refractivity contribution in [1.82, 2.24) is 19.4 Å². The molecule has 2 atom stereocenters. The van der Waals surface area contributed by atoms with Gasteiger partial charge in [0, 0.05) is 45.0 Å². The number of hydrogen-bond donors (Lipinski definition) is 1. The minimum absolute atomic E-state index is 0.241. The van der Waals surface area contributed by atoms with Gasteiger partial charge in [-0.3, -0.25) is 0 Å². The third-order valence-corrected chi connectivity index (χ3v) is 3.87. The second-order valence-electron chi connectivity index (χ2n) is 5.39. The SMILES string of the molecule is CN(C)[C@H]1CCN(CCc2nccn2C)C[C@@H]1O. The summed E-state index contributed by atoms with van der Waals surface area (Å²) in [7, 11) is 6.10. The molecule has 1 fully saturated rings. The fraction of sp³-hybridized carbons (Fsp3) is 0.769. The molecule has 0 aromatic carbocycles. The first-order valence-corrected chi connectivity index (χ1v) is 6.61. The maximum atomic E-state index is 10.1. The van der Waals surface area contributed by atoms with Gasteiger partial charge in [-0.2, -0.15) is 0 Å². The standard InChI is InChI=1S/C13H24N4O/c1-15(2)11-4-7-17(10-12(11)18)8-5-13-14-6-9-16(13)3/h6,9,11-12,18H,4-5,7-8,10H2,1-3H3/t11-,12-/m0/s1. The maximum absolute atomic E-state index is 10.1. The van der Waals surface area contributed by atoms with Gasteiger partial charge in [-0.15, -0.1) is 0 Å². The third-order valence-electron chi connectivity index (χ3n) is 3.87. The van der Waals surface area contributed by atoms with E-state index < -0.39 is 0 Å². The number of imidazole rings is 1. The molecule has 0 radical (unpaired) electrons. The van der Waals surface area contributed by atoms with Crippen LogP contribution >= 0.6 is 0 Å². The summed E-state index contributed by atoms with van der Waals surface area (Å²) in [5.74, 6) is 1.11. The van der Waals surface area contributed by atoms with Crippen LogP contribution in [0.3, 0.4) is 0 Å². The molecule has 1 aliphatic rings. The van der Waals surface area contributed by atoms with E-state index in [-0.39, 0.29) is 6.10 Å². The predicted molar refractivity (Wildman–Crippen MR) is 71.5 cm³/mol. The van der Waals surface area contributed by atoms with Crippen LogP contribution in [0.1, 0.15) is 12.2 Å². The topological polar surface area (TPSA) is 44.5 Å². The number of aliphatic hydroxyl groups excluding tert-OH is 1. The largest absolute Gasteiger partial charge is 0.390 e. The van der Waals surface area contributed by atoms with Crippen molar-refractivity contribution in [3.05, 3.63) is 18.2 Å². The van der Waals surface area contributed by atoms with Crippen LogP contribution < -0.4 is 0 Å². The molecule has 1 aromatic heterocycles. The summed E-state index contributed by atoms with van der Waals surface area (Å²) in [4.78, 5) is 8.79. The van der Waals surface area contributed by atoms with Crippen LogP contribution in [0.4, 0.5) is 0 Å². The highest BCUT2D eigenvalue weighted by Gasteiger charge is 2.28. The Morgan fingerprint density at radius 2 is 2.28 bits per heavy atom. The Kier molecular flexibility index (Phi) is 4.37. The maximum Gasteiger partial charge on any atom is 0.109 e. The van der Waals surface area contributed by atoms with Gasteiger partial charge in [0.15, 0.2) is 0 Å². The summed E-state index contributed by atoms with van der Waals surface area (Å²) < 4.78 is 2.06. The quantitative estimate of drug-likeness (QED) is 0.817. The predicted octanol–water partition coefficient (Wildman–Crippen LogP) is -0.0406.